The third-order valence-corrected chi connectivity index (χ3v) is 6.46. The van der Waals surface area contributed by atoms with Crippen LogP contribution in [0.3, 0.4) is 0 Å². The first-order valence-electron chi connectivity index (χ1n) is 12.6. The van der Waals surface area contributed by atoms with Gasteiger partial charge in [-0.15, -0.1) is 0 Å². The van der Waals surface area contributed by atoms with Crippen LogP contribution in [0.2, 0.25) is 0 Å². The van der Waals surface area contributed by atoms with Crippen molar-refractivity contribution < 1.29 is 28.9 Å². The standard InChI is InChI=1S/C28H34N2O6/c1-3-35-22-10-6-20(7-11-22)25-24(26(31)21-8-12-23(13-9-21)36-4-2)27(32)28(33)30(25)15-5-14-29-16-18-34-19-17-29/h6-13,25,31H,3-5,14-19H2,1-2H3. The third-order valence-electron chi connectivity index (χ3n) is 6.46. The molecule has 0 saturated carbocycles. The molecule has 0 bridgehead atoms. The number of carbonyl (C=O) groups excluding carboxylic acids is 2. The van der Waals surface area contributed by atoms with Crippen molar-refractivity contribution in [2.45, 2.75) is 26.3 Å². The van der Waals surface area contributed by atoms with Gasteiger partial charge in [-0.05, 0) is 62.2 Å². The Balaban J connectivity index is 1.65. The molecule has 2 aliphatic heterocycles. The number of amides is 1. The fourth-order valence-electron chi connectivity index (χ4n) is 4.69. The molecule has 8 heteroatoms. The summed E-state index contributed by atoms with van der Waals surface area (Å²) in [6, 6.07) is 13.5. The fourth-order valence-corrected chi connectivity index (χ4v) is 4.69. The molecule has 1 N–H and O–H groups in total. The highest BCUT2D eigenvalue weighted by Crippen LogP contribution is 2.40. The number of Topliss-reactive ketones (excluding diaryl/α,β-unsaturated/α-hetero) is 1. The first kappa shape index (κ1) is 25.7. The topological polar surface area (TPSA) is 88.5 Å². The molecular formula is C28H34N2O6. The lowest BCUT2D eigenvalue weighted by Gasteiger charge is -2.29. The normalized spacial score (nSPS) is 20.1. The molecule has 0 aromatic heterocycles. The average molecular weight is 495 g/mol. The van der Waals surface area contributed by atoms with Gasteiger partial charge in [0.15, 0.2) is 0 Å². The number of hydrogen-bond acceptors (Lipinski definition) is 7. The van der Waals surface area contributed by atoms with Gasteiger partial charge in [0.25, 0.3) is 11.7 Å². The van der Waals surface area contributed by atoms with Gasteiger partial charge in [-0.1, -0.05) is 12.1 Å². The van der Waals surface area contributed by atoms with E-state index in [9.17, 15) is 14.7 Å². The van der Waals surface area contributed by atoms with Crippen LogP contribution in [-0.2, 0) is 14.3 Å². The molecule has 2 aliphatic rings. The minimum absolute atomic E-state index is 0.0969. The van der Waals surface area contributed by atoms with E-state index in [0.717, 1.165) is 25.2 Å². The van der Waals surface area contributed by atoms with Crippen LogP contribution in [0.15, 0.2) is 54.1 Å². The van der Waals surface area contributed by atoms with E-state index in [1.54, 1.807) is 29.2 Å². The van der Waals surface area contributed by atoms with Gasteiger partial charge in [0.1, 0.15) is 17.3 Å². The monoisotopic (exact) mass is 494 g/mol. The highest BCUT2D eigenvalue weighted by Gasteiger charge is 2.45. The summed E-state index contributed by atoms with van der Waals surface area (Å²) in [6.45, 7) is 9.21. The van der Waals surface area contributed by atoms with Crippen molar-refractivity contribution in [3.05, 3.63) is 65.2 Å². The Labute approximate surface area is 212 Å². The van der Waals surface area contributed by atoms with Crippen LogP contribution in [0.5, 0.6) is 11.5 Å². The van der Waals surface area contributed by atoms with Crippen molar-refractivity contribution in [3.8, 4) is 11.5 Å². The zero-order valence-electron chi connectivity index (χ0n) is 20.9. The summed E-state index contributed by atoms with van der Waals surface area (Å²) in [5.41, 5.74) is 1.30. The van der Waals surface area contributed by atoms with E-state index >= 15 is 0 Å². The zero-order chi connectivity index (χ0) is 25.5. The number of aliphatic hydroxyl groups is 1. The van der Waals surface area contributed by atoms with Crippen LogP contribution in [0, 0.1) is 0 Å². The lowest BCUT2D eigenvalue weighted by atomic mass is 9.95. The minimum Gasteiger partial charge on any atom is -0.507 e. The largest absolute Gasteiger partial charge is 0.507 e. The molecule has 36 heavy (non-hydrogen) atoms. The van der Waals surface area contributed by atoms with Crippen LogP contribution < -0.4 is 9.47 Å². The van der Waals surface area contributed by atoms with E-state index in [2.05, 4.69) is 4.90 Å². The van der Waals surface area contributed by atoms with Gasteiger partial charge in [0.05, 0.1) is 38.0 Å². The van der Waals surface area contributed by atoms with Gasteiger partial charge < -0.3 is 24.2 Å². The number of hydrogen-bond donors (Lipinski definition) is 1. The number of likely N-dealkylation sites (tertiary alicyclic amines) is 1. The number of carbonyl (C=O) groups is 2. The molecule has 8 nitrogen and oxygen atoms in total. The summed E-state index contributed by atoms with van der Waals surface area (Å²) in [4.78, 5) is 30.3. The Bertz CT molecular complexity index is 1070. The minimum atomic E-state index is -0.683. The Hall–Kier alpha value is -3.36. The van der Waals surface area contributed by atoms with E-state index in [0.29, 0.717) is 56.5 Å². The van der Waals surface area contributed by atoms with Crippen molar-refractivity contribution in [2.24, 2.45) is 0 Å². The molecule has 2 saturated heterocycles. The van der Waals surface area contributed by atoms with Gasteiger partial charge in [-0.25, -0.2) is 0 Å². The molecule has 192 valence electrons. The molecule has 2 heterocycles. The molecule has 0 radical (unpaired) electrons. The summed E-state index contributed by atoms with van der Waals surface area (Å²) in [6.07, 6.45) is 0.712. The van der Waals surface area contributed by atoms with E-state index in [1.165, 1.54) is 0 Å². The lowest BCUT2D eigenvalue weighted by molar-refractivity contribution is -0.140. The molecule has 1 amide bonds. The van der Waals surface area contributed by atoms with Crippen molar-refractivity contribution in [1.82, 2.24) is 9.80 Å². The first-order chi connectivity index (χ1) is 17.5. The first-order valence-corrected chi connectivity index (χ1v) is 12.6. The third kappa shape index (κ3) is 5.71. The second-order valence-corrected chi connectivity index (χ2v) is 8.76. The van der Waals surface area contributed by atoms with Gasteiger partial charge >= 0.3 is 0 Å². The molecular weight excluding hydrogens is 460 g/mol. The quantitative estimate of drug-likeness (QED) is 0.307. The Morgan fingerprint density at radius 3 is 2.08 bits per heavy atom. The van der Waals surface area contributed by atoms with Crippen molar-refractivity contribution in [2.75, 3.05) is 52.6 Å². The number of benzene rings is 2. The summed E-state index contributed by atoms with van der Waals surface area (Å²) in [5, 5.41) is 11.2. The molecule has 0 spiro atoms. The molecule has 0 aliphatic carbocycles. The maximum atomic E-state index is 13.2. The molecule has 1 atom stereocenters. The number of nitrogens with zero attached hydrogens (tertiary/aromatic N) is 2. The van der Waals surface area contributed by atoms with E-state index < -0.39 is 17.7 Å². The number of morpholine rings is 1. The maximum Gasteiger partial charge on any atom is 0.295 e. The summed E-state index contributed by atoms with van der Waals surface area (Å²) >= 11 is 0. The molecule has 4 rings (SSSR count). The number of aliphatic hydroxyl groups excluding tert-OH is 1. The predicted octanol–water partition coefficient (Wildman–Crippen LogP) is 3.63. The number of rotatable bonds is 10. The predicted molar refractivity (Wildman–Crippen MR) is 136 cm³/mol. The van der Waals surface area contributed by atoms with Crippen molar-refractivity contribution in [1.29, 1.82) is 0 Å². The SMILES string of the molecule is CCOc1ccc(C(O)=C2C(=O)C(=O)N(CCCN3CCOCC3)C2c2ccc(OCC)cc2)cc1. The average Bonchev–Trinajstić information content (AvgIpc) is 3.15. The van der Waals surface area contributed by atoms with Crippen molar-refractivity contribution in [3.63, 3.8) is 0 Å². The lowest BCUT2D eigenvalue weighted by Crippen LogP contribution is -2.38. The Kier molecular flexibility index (Phi) is 8.61. The smallest absolute Gasteiger partial charge is 0.295 e. The van der Waals surface area contributed by atoms with Gasteiger partial charge in [0.2, 0.25) is 0 Å². The summed E-state index contributed by atoms with van der Waals surface area (Å²) in [7, 11) is 0. The van der Waals surface area contributed by atoms with Crippen LogP contribution in [0.4, 0.5) is 0 Å². The Morgan fingerprint density at radius 1 is 0.917 bits per heavy atom. The van der Waals surface area contributed by atoms with Gasteiger partial charge in [-0.2, -0.15) is 0 Å². The number of ether oxygens (including phenoxy) is 3. The van der Waals surface area contributed by atoms with Crippen LogP contribution >= 0.6 is 0 Å². The van der Waals surface area contributed by atoms with E-state index in [1.807, 2.05) is 38.1 Å². The van der Waals surface area contributed by atoms with Crippen LogP contribution in [0.1, 0.15) is 37.4 Å². The number of ketones is 1. The van der Waals surface area contributed by atoms with Crippen LogP contribution in [0.25, 0.3) is 5.76 Å². The highest BCUT2D eigenvalue weighted by molar-refractivity contribution is 6.46. The molecule has 2 fully saturated rings. The highest BCUT2D eigenvalue weighted by atomic mass is 16.5. The van der Waals surface area contributed by atoms with Gasteiger partial charge in [0, 0.05) is 31.7 Å². The molecule has 2 aromatic rings. The summed E-state index contributed by atoms with van der Waals surface area (Å²) in [5.74, 6) is -0.0846. The van der Waals surface area contributed by atoms with Gasteiger partial charge in [-0.3, -0.25) is 14.5 Å². The summed E-state index contributed by atoms with van der Waals surface area (Å²) < 4.78 is 16.5. The second kappa shape index (κ2) is 12.1. The zero-order valence-corrected chi connectivity index (χ0v) is 20.9. The second-order valence-electron chi connectivity index (χ2n) is 8.76. The molecule has 1 unspecified atom stereocenters. The van der Waals surface area contributed by atoms with Crippen LogP contribution in [-0.4, -0.2) is 79.2 Å². The van der Waals surface area contributed by atoms with Crippen molar-refractivity contribution >= 4 is 17.4 Å². The fraction of sp³-hybridized carbons (Fsp3) is 0.429. The maximum absolute atomic E-state index is 13.2. The Morgan fingerprint density at radius 2 is 1.50 bits per heavy atom. The molecule has 2 aromatic carbocycles. The van der Waals surface area contributed by atoms with E-state index in [4.69, 9.17) is 14.2 Å². The van der Waals surface area contributed by atoms with E-state index in [-0.39, 0.29) is 11.3 Å².